The van der Waals surface area contributed by atoms with Crippen LogP contribution in [0.15, 0.2) is 78.0 Å². The average molecular weight is 459 g/mol. The zero-order valence-corrected chi connectivity index (χ0v) is 19.7. The summed E-state index contributed by atoms with van der Waals surface area (Å²) in [5.41, 5.74) is 4.83. The van der Waals surface area contributed by atoms with E-state index in [9.17, 15) is 9.59 Å². The van der Waals surface area contributed by atoms with Crippen molar-refractivity contribution in [1.82, 2.24) is 0 Å². The smallest absolute Gasteiger partial charge is 0.411 e. The van der Waals surface area contributed by atoms with Crippen molar-refractivity contribution >= 4 is 23.5 Å². The maximum Gasteiger partial charge on any atom is 0.411 e. The highest BCUT2D eigenvalue weighted by molar-refractivity contribution is 5.84. The van der Waals surface area contributed by atoms with E-state index in [0.717, 1.165) is 24.0 Å². The van der Waals surface area contributed by atoms with E-state index in [2.05, 4.69) is 29.4 Å². The van der Waals surface area contributed by atoms with Crippen LogP contribution >= 0.6 is 0 Å². The van der Waals surface area contributed by atoms with Crippen molar-refractivity contribution in [1.29, 1.82) is 0 Å². The Balaban J connectivity index is 1.38. The van der Waals surface area contributed by atoms with Crippen LogP contribution in [0.5, 0.6) is 0 Å². The van der Waals surface area contributed by atoms with Crippen molar-refractivity contribution in [3.63, 3.8) is 0 Å². The molecule has 3 aromatic rings. The summed E-state index contributed by atoms with van der Waals surface area (Å²) in [6.07, 6.45) is 12.1. The molecule has 1 amide bonds. The van der Waals surface area contributed by atoms with Gasteiger partial charge in [0, 0.05) is 17.8 Å². The number of isocyanates is 1. The quantitative estimate of drug-likeness (QED) is 0.159. The van der Waals surface area contributed by atoms with Gasteiger partial charge in [-0.25, -0.2) is 14.2 Å². The first-order valence-corrected chi connectivity index (χ1v) is 11.8. The molecule has 0 saturated heterocycles. The minimum Gasteiger partial charge on any atom is -0.443 e. The van der Waals surface area contributed by atoms with Gasteiger partial charge in [0.25, 0.3) is 0 Å². The first-order chi connectivity index (χ1) is 16.7. The highest BCUT2D eigenvalue weighted by Crippen LogP contribution is 2.17. The van der Waals surface area contributed by atoms with Crippen LogP contribution in [0.3, 0.4) is 0 Å². The van der Waals surface area contributed by atoms with Crippen molar-refractivity contribution in [2.75, 3.05) is 11.9 Å². The molecule has 34 heavy (non-hydrogen) atoms. The maximum atomic E-state index is 12.1. The summed E-state index contributed by atoms with van der Waals surface area (Å²) >= 11 is 0. The van der Waals surface area contributed by atoms with Gasteiger partial charge in [-0.1, -0.05) is 50.5 Å². The van der Waals surface area contributed by atoms with Gasteiger partial charge in [0.05, 0.1) is 5.69 Å². The standard InChI is InChI=1S/C28H31N3O3/c1-2-3-4-5-6-23-15-17-31(18-16-23)19-20-34-28(33)30-27-13-9-25(10-14-27)21-24-7-11-26(12-8-24)29-22-32/h7-18H,2-6,19-21H2,1H3/p+1. The molecule has 1 heterocycles. The minimum atomic E-state index is -0.466. The van der Waals surface area contributed by atoms with Gasteiger partial charge in [0.15, 0.2) is 25.5 Å². The van der Waals surface area contributed by atoms with E-state index in [0.29, 0.717) is 24.5 Å². The summed E-state index contributed by atoms with van der Waals surface area (Å²) in [5.74, 6) is 0. The summed E-state index contributed by atoms with van der Waals surface area (Å²) in [5, 5.41) is 2.76. The third-order valence-electron chi connectivity index (χ3n) is 5.58. The number of aliphatic imine (C=N–C) groups is 1. The lowest BCUT2D eigenvalue weighted by atomic mass is 10.0. The lowest BCUT2D eigenvalue weighted by Gasteiger charge is -2.07. The third kappa shape index (κ3) is 8.64. The number of nitrogens with zero attached hydrogens (tertiary/aromatic N) is 2. The maximum absolute atomic E-state index is 12.1. The van der Waals surface area contributed by atoms with Crippen LogP contribution in [0, 0.1) is 0 Å². The average Bonchev–Trinajstić information content (AvgIpc) is 2.85. The van der Waals surface area contributed by atoms with Gasteiger partial charge in [-0.05, 0) is 60.2 Å². The van der Waals surface area contributed by atoms with E-state index in [1.807, 2.05) is 53.4 Å². The number of ether oxygens (including phenoxy) is 1. The Bertz CT molecular complexity index is 1070. The Kier molecular flexibility index (Phi) is 10.0. The molecular weight excluding hydrogens is 426 g/mol. The number of benzene rings is 2. The van der Waals surface area contributed by atoms with Crippen LogP contribution in [-0.4, -0.2) is 18.8 Å². The Labute approximate surface area is 201 Å². The van der Waals surface area contributed by atoms with Gasteiger partial charge < -0.3 is 4.74 Å². The molecular formula is C28H32N3O3+. The van der Waals surface area contributed by atoms with Crippen LogP contribution in [0.25, 0.3) is 0 Å². The molecule has 0 unspecified atom stereocenters. The third-order valence-corrected chi connectivity index (χ3v) is 5.58. The monoisotopic (exact) mass is 458 g/mol. The number of amides is 1. The molecule has 0 saturated carbocycles. The highest BCUT2D eigenvalue weighted by Gasteiger charge is 2.07. The molecule has 0 radical (unpaired) electrons. The molecule has 176 valence electrons. The molecule has 2 aromatic carbocycles. The second kappa shape index (κ2) is 13.7. The van der Waals surface area contributed by atoms with Crippen molar-refractivity contribution < 1.29 is 18.9 Å². The number of aromatic nitrogens is 1. The predicted octanol–water partition coefficient (Wildman–Crippen LogP) is 5.90. The number of hydrogen-bond acceptors (Lipinski definition) is 4. The molecule has 0 aliphatic carbocycles. The summed E-state index contributed by atoms with van der Waals surface area (Å²) in [6, 6.07) is 19.4. The molecule has 3 rings (SSSR count). The SMILES string of the molecule is CCCCCCc1cc[n+](CCOC(=O)Nc2ccc(Cc3ccc(N=C=O)cc3)cc2)cc1. The highest BCUT2D eigenvalue weighted by atomic mass is 16.5. The van der Waals surface area contributed by atoms with Gasteiger partial charge in [0.1, 0.15) is 0 Å². The van der Waals surface area contributed by atoms with Crippen molar-refractivity contribution in [3.05, 3.63) is 89.7 Å². The lowest BCUT2D eigenvalue weighted by molar-refractivity contribution is -0.697. The minimum absolute atomic E-state index is 0.300. The zero-order valence-electron chi connectivity index (χ0n) is 19.7. The van der Waals surface area contributed by atoms with Crippen LogP contribution < -0.4 is 9.88 Å². The first kappa shape index (κ1) is 24.9. The number of aryl methyl sites for hydroxylation is 1. The van der Waals surface area contributed by atoms with Gasteiger partial charge in [-0.3, -0.25) is 5.32 Å². The van der Waals surface area contributed by atoms with Crippen LogP contribution in [0.2, 0.25) is 0 Å². The lowest BCUT2D eigenvalue weighted by Crippen LogP contribution is -2.36. The van der Waals surface area contributed by atoms with E-state index in [1.165, 1.54) is 37.3 Å². The molecule has 0 spiro atoms. The van der Waals surface area contributed by atoms with E-state index >= 15 is 0 Å². The molecule has 0 aliphatic heterocycles. The van der Waals surface area contributed by atoms with Gasteiger partial charge >= 0.3 is 6.09 Å². The summed E-state index contributed by atoms with van der Waals surface area (Å²) in [7, 11) is 0. The number of hydrogen-bond donors (Lipinski definition) is 1. The fraction of sp³-hybridized carbons (Fsp3) is 0.321. The Morgan fingerprint density at radius 2 is 1.59 bits per heavy atom. The predicted molar refractivity (Wildman–Crippen MR) is 133 cm³/mol. The van der Waals surface area contributed by atoms with Crippen LogP contribution in [-0.2, 0) is 28.9 Å². The van der Waals surface area contributed by atoms with Crippen LogP contribution in [0.1, 0.15) is 49.3 Å². The van der Waals surface area contributed by atoms with E-state index in [4.69, 9.17) is 4.74 Å². The number of unbranched alkanes of at least 4 members (excludes halogenated alkanes) is 3. The number of anilines is 1. The number of rotatable bonds is 12. The van der Waals surface area contributed by atoms with E-state index in [1.54, 1.807) is 12.1 Å². The molecule has 0 atom stereocenters. The Morgan fingerprint density at radius 1 is 0.912 bits per heavy atom. The first-order valence-electron chi connectivity index (χ1n) is 11.8. The van der Waals surface area contributed by atoms with Gasteiger partial charge in [-0.15, -0.1) is 0 Å². The van der Waals surface area contributed by atoms with E-state index < -0.39 is 6.09 Å². The molecule has 6 heteroatoms. The Hall–Kier alpha value is -3.76. The number of carbonyl (C=O) groups is 1. The molecule has 1 aromatic heterocycles. The Morgan fingerprint density at radius 3 is 2.24 bits per heavy atom. The zero-order chi connectivity index (χ0) is 24.0. The fourth-order valence-corrected chi connectivity index (χ4v) is 3.64. The van der Waals surface area contributed by atoms with E-state index in [-0.39, 0.29) is 0 Å². The second-order valence-corrected chi connectivity index (χ2v) is 8.26. The molecule has 0 fully saturated rings. The normalized spacial score (nSPS) is 10.4. The van der Waals surface area contributed by atoms with Gasteiger partial charge in [-0.2, -0.15) is 4.99 Å². The topological polar surface area (TPSA) is 71.6 Å². The summed E-state index contributed by atoms with van der Waals surface area (Å²) in [4.78, 5) is 26.0. The van der Waals surface area contributed by atoms with Crippen molar-refractivity contribution in [2.24, 2.45) is 4.99 Å². The number of carbonyl (C=O) groups excluding carboxylic acids is 2. The van der Waals surface area contributed by atoms with Crippen molar-refractivity contribution in [2.45, 2.75) is 52.0 Å². The largest absolute Gasteiger partial charge is 0.443 e. The summed E-state index contributed by atoms with van der Waals surface area (Å²) in [6.45, 7) is 3.13. The molecule has 6 nitrogen and oxygen atoms in total. The second-order valence-electron chi connectivity index (χ2n) is 8.26. The summed E-state index contributed by atoms with van der Waals surface area (Å²) < 4.78 is 7.35. The molecule has 1 N–H and O–H groups in total. The fourth-order valence-electron chi connectivity index (χ4n) is 3.64. The number of nitrogens with one attached hydrogen (secondary N) is 1. The van der Waals surface area contributed by atoms with Gasteiger partial charge in [0.2, 0.25) is 6.08 Å². The number of pyridine rings is 1. The van der Waals surface area contributed by atoms with Crippen molar-refractivity contribution in [3.8, 4) is 0 Å². The van der Waals surface area contributed by atoms with Crippen LogP contribution in [0.4, 0.5) is 16.2 Å². The molecule has 0 bridgehead atoms. The molecule has 0 aliphatic rings.